The number of thiazole rings is 1. The van der Waals surface area contributed by atoms with Crippen LogP contribution in [0.2, 0.25) is 0 Å². The summed E-state index contributed by atoms with van der Waals surface area (Å²) < 4.78 is 0. The lowest BCUT2D eigenvalue weighted by atomic mass is 10.2. The second-order valence-electron chi connectivity index (χ2n) is 4.75. The van der Waals surface area contributed by atoms with Gasteiger partial charge >= 0.3 is 0 Å². The lowest BCUT2D eigenvalue weighted by molar-refractivity contribution is 0.978. The predicted molar refractivity (Wildman–Crippen MR) is 88.1 cm³/mol. The van der Waals surface area contributed by atoms with Crippen molar-refractivity contribution in [3.05, 3.63) is 56.5 Å². The summed E-state index contributed by atoms with van der Waals surface area (Å²) in [7, 11) is 0. The van der Waals surface area contributed by atoms with E-state index in [1.54, 1.807) is 22.7 Å². The molecular weight excluding hydrogens is 300 g/mol. The summed E-state index contributed by atoms with van der Waals surface area (Å²) in [4.78, 5) is 5.77. The molecule has 21 heavy (non-hydrogen) atoms. The Balaban J connectivity index is 1.61. The molecule has 0 spiro atoms. The molecule has 3 aromatic rings. The first kappa shape index (κ1) is 14.2. The number of anilines is 1. The van der Waals surface area contributed by atoms with Crippen molar-refractivity contribution in [2.75, 3.05) is 5.32 Å². The summed E-state index contributed by atoms with van der Waals surface area (Å²) in [6, 6.07) is 10.3. The minimum Gasteiger partial charge on any atom is -0.354 e. The van der Waals surface area contributed by atoms with E-state index in [0.717, 1.165) is 27.3 Å². The largest absolute Gasteiger partial charge is 0.354 e. The van der Waals surface area contributed by atoms with Crippen LogP contribution in [0.4, 0.5) is 5.13 Å². The van der Waals surface area contributed by atoms with Crippen molar-refractivity contribution >= 4 is 27.8 Å². The van der Waals surface area contributed by atoms with Gasteiger partial charge in [-0.1, -0.05) is 41.7 Å². The molecule has 0 unspecified atom stereocenters. The number of aryl methyl sites for hydroxylation is 2. The molecule has 0 amide bonds. The molecule has 6 heteroatoms. The Hall–Kier alpha value is -1.79. The molecule has 0 aliphatic rings. The lowest BCUT2D eigenvalue weighted by Gasteiger charge is -1.99. The maximum Gasteiger partial charge on any atom is 0.206 e. The fraction of sp³-hybridized carbons (Fsp3) is 0.267. The summed E-state index contributed by atoms with van der Waals surface area (Å²) in [6.07, 6.45) is 0.828. The molecular formula is C15H16N4S2. The molecule has 2 heterocycles. The van der Waals surface area contributed by atoms with Crippen molar-refractivity contribution in [2.45, 2.75) is 26.8 Å². The molecule has 0 radical (unpaired) electrons. The van der Waals surface area contributed by atoms with Crippen molar-refractivity contribution in [1.29, 1.82) is 0 Å². The highest BCUT2D eigenvalue weighted by atomic mass is 32.1. The molecule has 1 N–H and O–H groups in total. The van der Waals surface area contributed by atoms with Gasteiger partial charge in [-0.3, -0.25) is 0 Å². The molecule has 3 rings (SSSR count). The van der Waals surface area contributed by atoms with E-state index in [1.165, 1.54) is 10.4 Å². The Bertz CT molecular complexity index is 718. The van der Waals surface area contributed by atoms with E-state index in [4.69, 9.17) is 0 Å². The summed E-state index contributed by atoms with van der Waals surface area (Å²) in [5.41, 5.74) is 2.35. The number of hydrogen-bond acceptors (Lipinski definition) is 6. The number of nitrogens with zero attached hydrogens (tertiary/aromatic N) is 3. The normalized spacial score (nSPS) is 10.8. The van der Waals surface area contributed by atoms with Gasteiger partial charge in [0.15, 0.2) is 0 Å². The van der Waals surface area contributed by atoms with Crippen LogP contribution in [-0.4, -0.2) is 15.2 Å². The van der Waals surface area contributed by atoms with Gasteiger partial charge in [-0.2, -0.15) is 0 Å². The molecule has 0 atom stereocenters. The Labute approximate surface area is 131 Å². The summed E-state index contributed by atoms with van der Waals surface area (Å²) in [5, 5.41) is 14.7. The van der Waals surface area contributed by atoms with Gasteiger partial charge in [0.25, 0.3) is 0 Å². The van der Waals surface area contributed by atoms with Gasteiger partial charge in [0.1, 0.15) is 5.01 Å². The molecule has 0 aliphatic heterocycles. The SMILES string of the molecule is Cc1nc(CNc2nnc(Cc3ccccc3)s2)c(C)s1. The second-order valence-corrected chi connectivity index (χ2v) is 7.22. The number of hydrogen-bond donors (Lipinski definition) is 1. The number of rotatable bonds is 5. The maximum absolute atomic E-state index is 4.51. The van der Waals surface area contributed by atoms with E-state index >= 15 is 0 Å². The first-order chi connectivity index (χ1) is 10.2. The van der Waals surface area contributed by atoms with Crippen LogP contribution in [0, 0.1) is 13.8 Å². The van der Waals surface area contributed by atoms with Crippen molar-refractivity contribution in [2.24, 2.45) is 0 Å². The molecule has 0 bridgehead atoms. The Morgan fingerprint density at radius 3 is 2.57 bits per heavy atom. The van der Waals surface area contributed by atoms with Crippen LogP contribution >= 0.6 is 22.7 Å². The standard InChI is InChI=1S/C15H16N4S2/c1-10-13(17-11(2)20-10)9-16-15-19-18-14(21-15)8-12-6-4-3-5-7-12/h3-7H,8-9H2,1-2H3,(H,16,19). The van der Waals surface area contributed by atoms with E-state index in [2.05, 4.69) is 39.6 Å². The van der Waals surface area contributed by atoms with Crippen molar-refractivity contribution in [3.8, 4) is 0 Å². The van der Waals surface area contributed by atoms with E-state index in [9.17, 15) is 0 Å². The first-order valence-corrected chi connectivity index (χ1v) is 8.37. The van der Waals surface area contributed by atoms with Gasteiger partial charge in [0.05, 0.1) is 17.2 Å². The fourth-order valence-corrected chi connectivity index (χ4v) is 3.67. The van der Waals surface area contributed by atoms with Gasteiger partial charge < -0.3 is 5.32 Å². The highest BCUT2D eigenvalue weighted by Crippen LogP contribution is 2.21. The smallest absolute Gasteiger partial charge is 0.206 e. The van der Waals surface area contributed by atoms with Crippen molar-refractivity contribution in [3.63, 3.8) is 0 Å². The topological polar surface area (TPSA) is 50.7 Å². The van der Waals surface area contributed by atoms with Gasteiger partial charge in [-0.15, -0.1) is 21.5 Å². The second kappa shape index (κ2) is 6.32. The Morgan fingerprint density at radius 1 is 1.05 bits per heavy atom. The molecule has 4 nitrogen and oxygen atoms in total. The average Bonchev–Trinajstić information content (AvgIpc) is 3.04. The van der Waals surface area contributed by atoms with Gasteiger partial charge in [0.2, 0.25) is 5.13 Å². The monoisotopic (exact) mass is 316 g/mol. The Morgan fingerprint density at radius 2 is 1.86 bits per heavy atom. The molecule has 2 aromatic heterocycles. The van der Waals surface area contributed by atoms with Crippen LogP contribution in [0.25, 0.3) is 0 Å². The van der Waals surface area contributed by atoms with Gasteiger partial charge in [-0.05, 0) is 19.4 Å². The van der Waals surface area contributed by atoms with Gasteiger partial charge in [-0.25, -0.2) is 4.98 Å². The van der Waals surface area contributed by atoms with Gasteiger partial charge in [0, 0.05) is 11.3 Å². The Kier molecular flexibility index (Phi) is 4.26. The third-order valence-electron chi connectivity index (χ3n) is 3.07. The van der Waals surface area contributed by atoms with E-state index in [1.807, 2.05) is 25.1 Å². The quantitative estimate of drug-likeness (QED) is 0.777. The predicted octanol–water partition coefficient (Wildman–Crippen LogP) is 3.81. The maximum atomic E-state index is 4.51. The van der Waals surface area contributed by atoms with Crippen LogP contribution < -0.4 is 5.32 Å². The van der Waals surface area contributed by atoms with Crippen LogP contribution in [0.15, 0.2) is 30.3 Å². The zero-order valence-corrected chi connectivity index (χ0v) is 13.6. The number of aromatic nitrogens is 3. The molecule has 0 saturated heterocycles. The van der Waals surface area contributed by atoms with Crippen LogP contribution in [0.3, 0.4) is 0 Å². The summed E-state index contributed by atoms with van der Waals surface area (Å²) in [6.45, 7) is 4.84. The third-order valence-corrected chi connectivity index (χ3v) is 4.88. The van der Waals surface area contributed by atoms with E-state index in [0.29, 0.717) is 6.54 Å². The zero-order chi connectivity index (χ0) is 14.7. The highest BCUT2D eigenvalue weighted by molar-refractivity contribution is 7.15. The molecule has 108 valence electrons. The van der Waals surface area contributed by atoms with Crippen LogP contribution in [0.5, 0.6) is 0 Å². The zero-order valence-electron chi connectivity index (χ0n) is 12.0. The van der Waals surface area contributed by atoms with E-state index < -0.39 is 0 Å². The summed E-state index contributed by atoms with van der Waals surface area (Å²) in [5.74, 6) is 0. The third kappa shape index (κ3) is 3.65. The highest BCUT2D eigenvalue weighted by Gasteiger charge is 2.08. The first-order valence-electron chi connectivity index (χ1n) is 6.74. The molecule has 0 aliphatic carbocycles. The fourth-order valence-electron chi connectivity index (χ4n) is 2.06. The average molecular weight is 316 g/mol. The van der Waals surface area contributed by atoms with Crippen LogP contribution in [0.1, 0.15) is 26.1 Å². The van der Waals surface area contributed by atoms with E-state index in [-0.39, 0.29) is 0 Å². The minimum absolute atomic E-state index is 0.705. The summed E-state index contributed by atoms with van der Waals surface area (Å²) >= 11 is 3.33. The number of nitrogens with one attached hydrogen (secondary N) is 1. The van der Waals surface area contributed by atoms with Crippen LogP contribution in [-0.2, 0) is 13.0 Å². The van der Waals surface area contributed by atoms with Crippen molar-refractivity contribution < 1.29 is 0 Å². The lowest BCUT2D eigenvalue weighted by Crippen LogP contribution is -2.00. The molecule has 0 fully saturated rings. The number of benzene rings is 1. The molecule has 0 saturated carbocycles. The van der Waals surface area contributed by atoms with Crippen molar-refractivity contribution in [1.82, 2.24) is 15.2 Å². The molecule has 1 aromatic carbocycles. The minimum atomic E-state index is 0.705.